The minimum absolute atomic E-state index is 0.0959. The van der Waals surface area contributed by atoms with Gasteiger partial charge < -0.3 is 9.80 Å². The Labute approximate surface area is 338 Å². The van der Waals surface area contributed by atoms with Gasteiger partial charge in [-0.1, -0.05) is 83.1 Å². The van der Waals surface area contributed by atoms with Crippen LogP contribution in [0.25, 0.3) is 20.9 Å². The van der Waals surface area contributed by atoms with Gasteiger partial charge >= 0.3 is 0 Å². The molecule has 0 bridgehead atoms. The van der Waals surface area contributed by atoms with Gasteiger partial charge in [0.25, 0.3) is 11.8 Å². The van der Waals surface area contributed by atoms with Crippen molar-refractivity contribution in [1.29, 1.82) is 0 Å². The quantitative estimate of drug-likeness (QED) is 0.171. The maximum Gasteiger partial charge on any atom is 0.254 e. The van der Waals surface area contributed by atoms with Gasteiger partial charge in [0.2, 0.25) is 0 Å². The number of aromatic nitrogens is 2. The molecule has 2 saturated heterocycles. The summed E-state index contributed by atoms with van der Waals surface area (Å²) in [5.74, 6) is 0.192. The lowest BCUT2D eigenvalue weighted by Gasteiger charge is -2.41. The Kier molecular flexibility index (Phi) is 13.6. The fraction of sp³-hybridized carbons (Fsp3) is 0.682. The highest BCUT2D eigenvalue weighted by Gasteiger charge is 2.49. The molecule has 6 nitrogen and oxygen atoms in total. The van der Waals surface area contributed by atoms with Crippen LogP contribution in [0, 0.1) is 13.8 Å². The van der Waals surface area contributed by atoms with Crippen molar-refractivity contribution in [2.45, 2.75) is 169 Å². The van der Waals surface area contributed by atoms with Gasteiger partial charge in [-0.2, -0.15) is 0 Å². The molecule has 2 aliphatic heterocycles. The minimum atomic E-state index is -2.06. The molecule has 2 aromatic heterocycles. The van der Waals surface area contributed by atoms with Crippen molar-refractivity contribution < 1.29 is 9.59 Å². The number of amides is 2. The summed E-state index contributed by atoms with van der Waals surface area (Å²) in [5, 5.41) is 0. The van der Waals surface area contributed by atoms with Gasteiger partial charge in [0.05, 0.1) is 30.1 Å². The van der Waals surface area contributed by atoms with E-state index in [1.54, 1.807) is 22.7 Å². The first kappa shape index (κ1) is 43.0. The minimum Gasteiger partial charge on any atom is -0.339 e. The zero-order valence-corrected chi connectivity index (χ0v) is 39.7. The second kappa shape index (κ2) is 17.1. The molecule has 0 radical (unpaired) electrons. The van der Waals surface area contributed by atoms with Crippen LogP contribution in [-0.4, -0.2) is 73.9 Å². The third-order valence-electron chi connectivity index (χ3n) is 13.7. The van der Waals surface area contributed by atoms with Gasteiger partial charge in [0.1, 0.15) is 16.1 Å². The third-order valence-corrected chi connectivity index (χ3v) is 31.3. The highest BCUT2D eigenvalue weighted by Crippen LogP contribution is 2.48. The molecule has 2 amide bonds. The maximum absolute atomic E-state index is 15.1. The topological polar surface area (TPSA) is 66.4 Å². The standard InChI is InChI=1S/C44H70N4O2S2Si2/c1-27(2)53(28(3)4,29(5)6)43-45-25-35(51-43)37-33(13)40(42(50)48-23-19-16-20-24-48)38(34(14)39(37)41(49)47-21-17-15-18-22-47)36-26-46-44(52-36)54(30(7)8,31(9)10)32(11)12/h25-32H,15-24H2,1-14H3. The molecule has 3 aromatic rings. The molecule has 1 aromatic carbocycles. The summed E-state index contributed by atoms with van der Waals surface area (Å²) in [5.41, 5.74) is 8.33. The van der Waals surface area contributed by atoms with Crippen LogP contribution in [0.5, 0.6) is 0 Å². The van der Waals surface area contributed by atoms with Crippen LogP contribution in [0.2, 0.25) is 33.2 Å². The Bertz CT molecular complexity index is 1620. The average molecular weight is 807 g/mol. The van der Waals surface area contributed by atoms with E-state index >= 15 is 9.59 Å². The normalized spacial score (nSPS) is 16.3. The van der Waals surface area contributed by atoms with Crippen molar-refractivity contribution in [2.24, 2.45) is 0 Å². The van der Waals surface area contributed by atoms with E-state index in [1.807, 2.05) is 0 Å². The molecule has 10 heteroatoms. The first-order valence-corrected chi connectivity index (χ1v) is 27.2. The fourth-order valence-corrected chi connectivity index (χ4v) is 30.7. The average Bonchev–Trinajstić information content (AvgIpc) is 3.79. The largest absolute Gasteiger partial charge is 0.339 e. The summed E-state index contributed by atoms with van der Waals surface area (Å²) in [6.45, 7) is 36.0. The molecule has 0 unspecified atom stereocenters. The van der Waals surface area contributed by atoms with Crippen molar-refractivity contribution in [3.05, 3.63) is 34.6 Å². The number of rotatable bonds is 12. The van der Waals surface area contributed by atoms with E-state index in [1.165, 1.54) is 9.26 Å². The van der Waals surface area contributed by atoms with Gasteiger partial charge in [0.15, 0.2) is 0 Å². The molecule has 0 N–H and O–H groups in total. The zero-order chi connectivity index (χ0) is 39.9. The lowest BCUT2D eigenvalue weighted by Crippen LogP contribution is -2.55. The highest BCUT2D eigenvalue weighted by atomic mass is 32.1. The molecular weight excluding hydrogens is 737 g/mol. The lowest BCUT2D eigenvalue weighted by atomic mass is 9.85. The van der Waals surface area contributed by atoms with E-state index in [0.29, 0.717) is 33.2 Å². The summed E-state index contributed by atoms with van der Waals surface area (Å²) in [6.07, 6.45) is 10.5. The smallest absolute Gasteiger partial charge is 0.254 e. The predicted molar refractivity (Wildman–Crippen MR) is 239 cm³/mol. The molecule has 2 aliphatic rings. The highest BCUT2D eigenvalue weighted by molar-refractivity contribution is 7.30. The molecular formula is C44H70N4O2S2Si2. The van der Waals surface area contributed by atoms with Crippen molar-refractivity contribution in [1.82, 2.24) is 19.8 Å². The van der Waals surface area contributed by atoms with Crippen LogP contribution >= 0.6 is 22.7 Å². The molecule has 0 spiro atoms. The van der Waals surface area contributed by atoms with E-state index in [4.69, 9.17) is 9.97 Å². The third kappa shape index (κ3) is 7.28. The first-order chi connectivity index (χ1) is 25.4. The Morgan fingerprint density at radius 1 is 0.519 bits per heavy atom. The number of likely N-dealkylation sites (tertiary alicyclic amines) is 2. The molecule has 4 heterocycles. The van der Waals surface area contributed by atoms with Crippen LogP contribution < -0.4 is 9.26 Å². The van der Waals surface area contributed by atoms with E-state index in [0.717, 1.165) is 108 Å². The molecule has 298 valence electrons. The van der Waals surface area contributed by atoms with Gasteiger partial charge in [-0.25, -0.2) is 0 Å². The van der Waals surface area contributed by atoms with Crippen LogP contribution in [0.3, 0.4) is 0 Å². The number of carbonyl (C=O) groups is 2. The number of hydrogen-bond donors (Lipinski definition) is 0. The van der Waals surface area contributed by atoms with E-state index in [2.05, 4.69) is 119 Å². The van der Waals surface area contributed by atoms with Crippen molar-refractivity contribution in [3.8, 4) is 20.9 Å². The summed E-state index contributed by atoms with van der Waals surface area (Å²) in [6, 6.07) is 0. The van der Waals surface area contributed by atoms with E-state index in [-0.39, 0.29) is 11.8 Å². The van der Waals surface area contributed by atoms with Crippen LogP contribution in [0.4, 0.5) is 0 Å². The maximum atomic E-state index is 15.1. The van der Waals surface area contributed by atoms with E-state index in [9.17, 15) is 0 Å². The van der Waals surface area contributed by atoms with Crippen LogP contribution in [-0.2, 0) is 0 Å². The Morgan fingerprint density at radius 2 is 0.796 bits per heavy atom. The van der Waals surface area contributed by atoms with Gasteiger partial charge in [-0.15, -0.1) is 22.7 Å². The van der Waals surface area contributed by atoms with Gasteiger partial charge in [0, 0.05) is 49.7 Å². The monoisotopic (exact) mass is 806 g/mol. The number of hydrogen-bond acceptors (Lipinski definition) is 6. The summed E-state index contributed by atoms with van der Waals surface area (Å²) < 4.78 is 2.53. The summed E-state index contributed by atoms with van der Waals surface area (Å²) in [4.78, 5) is 47.0. The van der Waals surface area contributed by atoms with Crippen molar-refractivity contribution in [3.63, 3.8) is 0 Å². The number of benzene rings is 1. The molecule has 54 heavy (non-hydrogen) atoms. The van der Waals surface area contributed by atoms with Crippen LogP contribution in [0.15, 0.2) is 12.4 Å². The zero-order valence-electron chi connectivity index (χ0n) is 36.1. The van der Waals surface area contributed by atoms with Gasteiger partial charge in [-0.05, 0) is 96.7 Å². The van der Waals surface area contributed by atoms with E-state index < -0.39 is 16.1 Å². The molecule has 5 rings (SSSR count). The van der Waals surface area contributed by atoms with Crippen LogP contribution in [0.1, 0.15) is 153 Å². The van der Waals surface area contributed by atoms with Crippen molar-refractivity contribution >= 4 is 59.9 Å². The Balaban J connectivity index is 1.87. The molecule has 0 saturated carbocycles. The van der Waals surface area contributed by atoms with Crippen molar-refractivity contribution in [2.75, 3.05) is 26.2 Å². The SMILES string of the molecule is Cc1c(C(=O)N2CCCCC2)c(-c2cnc([Si](C(C)C)(C(C)C)C(C)C)s2)c(C)c(C(=O)N2CCCCC2)c1-c1cnc([Si](C(C)C)(C(C)C)C(C)C)s1. The lowest BCUT2D eigenvalue weighted by molar-refractivity contribution is 0.0712. The number of piperidine rings is 2. The second-order valence-electron chi connectivity index (χ2n) is 18.3. The Morgan fingerprint density at radius 3 is 1.06 bits per heavy atom. The number of thiazole rings is 2. The summed E-state index contributed by atoms with van der Waals surface area (Å²) in [7, 11) is -4.12. The Hall–Kier alpha value is -2.15. The molecule has 0 aliphatic carbocycles. The first-order valence-electron chi connectivity index (χ1n) is 21.1. The second-order valence-corrected chi connectivity index (χ2v) is 32.7. The number of nitrogens with zero attached hydrogens (tertiary/aromatic N) is 4. The molecule has 2 fully saturated rings. The number of carbonyl (C=O) groups excluding carboxylic acids is 2. The molecule has 0 atom stereocenters. The van der Waals surface area contributed by atoms with Gasteiger partial charge in [-0.3, -0.25) is 19.6 Å². The fourth-order valence-electron chi connectivity index (χ4n) is 11.3. The predicted octanol–water partition coefficient (Wildman–Crippen LogP) is 11.6. The summed E-state index contributed by atoms with van der Waals surface area (Å²) >= 11 is 3.61.